The zero-order chi connectivity index (χ0) is 14.3. The number of benzene rings is 1. The van der Waals surface area contributed by atoms with E-state index in [0.717, 1.165) is 36.0 Å². The number of halogens is 2. The van der Waals surface area contributed by atoms with Crippen molar-refractivity contribution in [2.24, 2.45) is 0 Å². The van der Waals surface area contributed by atoms with Crippen molar-refractivity contribution in [3.63, 3.8) is 0 Å². The van der Waals surface area contributed by atoms with E-state index in [1.165, 1.54) is 5.69 Å². The number of hydrogen-bond acceptors (Lipinski definition) is 2. The van der Waals surface area contributed by atoms with E-state index in [-0.39, 0.29) is 0 Å². The Kier molecular flexibility index (Phi) is 7.81. The lowest BCUT2D eigenvalue weighted by atomic mass is 10.1. The number of methoxy groups -OCH3 is 1. The topological polar surface area (TPSA) is 12.5 Å². The van der Waals surface area contributed by atoms with Crippen LogP contribution in [0.5, 0.6) is 0 Å². The lowest BCUT2D eigenvalue weighted by Gasteiger charge is -2.33. The Hall–Kier alpha value is -0.250. The Bertz CT molecular complexity index is 382. The quantitative estimate of drug-likeness (QED) is 0.624. The maximum atomic E-state index is 5.90. The molecule has 0 aliphatic rings. The van der Waals surface area contributed by atoms with E-state index in [4.69, 9.17) is 16.3 Å². The molecule has 2 nitrogen and oxygen atoms in total. The first-order valence-corrected chi connectivity index (χ1v) is 8.10. The number of hydrogen-bond donors (Lipinski definition) is 0. The van der Waals surface area contributed by atoms with Crippen molar-refractivity contribution in [2.45, 2.75) is 38.6 Å². The molecule has 0 fully saturated rings. The van der Waals surface area contributed by atoms with E-state index in [1.807, 2.05) is 0 Å². The van der Waals surface area contributed by atoms with Gasteiger partial charge in [0, 0.05) is 35.7 Å². The number of alkyl halides is 1. The van der Waals surface area contributed by atoms with E-state index >= 15 is 0 Å². The second-order valence-electron chi connectivity index (χ2n) is 4.57. The fourth-order valence-corrected chi connectivity index (χ4v) is 3.17. The molecule has 0 saturated carbocycles. The molecule has 0 heterocycles. The minimum atomic E-state index is 0.532. The molecular weight excluding hydrogens is 326 g/mol. The zero-order valence-corrected chi connectivity index (χ0v) is 14.3. The minimum absolute atomic E-state index is 0.532. The maximum Gasteiger partial charge on any atom is 0.0637 e. The third kappa shape index (κ3) is 4.66. The minimum Gasteiger partial charge on any atom is -0.383 e. The largest absolute Gasteiger partial charge is 0.383 e. The summed E-state index contributed by atoms with van der Waals surface area (Å²) in [6.07, 6.45) is 2.27. The van der Waals surface area contributed by atoms with Crippen LogP contribution in [0.3, 0.4) is 0 Å². The summed E-state index contributed by atoms with van der Waals surface area (Å²) < 4.78 is 6.31. The third-order valence-electron chi connectivity index (χ3n) is 3.43. The van der Waals surface area contributed by atoms with Gasteiger partial charge in [-0.15, -0.1) is 11.6 Å². The summed E-state index contributed by atoms with van der Waals surface area (Å²) in [4.78, 5) is 2.42. The van der Waals surface area contributed by atoms with E-state index in [9.17, 15) is 0 Å². The van der Waals surface area contributed by atoms with E-state index in [2.05, 4.69) is 52.9 Å². The Morgan fingerprint density at radius 2 is 2.00 bits per heavy atom. The van der Waals surface area contributed by atoms with Crippen LogP contribution in [0.25, 0.3) is 0 Å². The number of rotatable bonds is 8. The maximum absolute atomic E-state index is 5.90. The van der Waals surface area contributed by atoms with Gasteiger partial charge in [0.15, 0.2) is 0 Å². The van der Waals surface area contributed by atoms with Gasteiger partial charge in [0.1, 0.15) is 0 Å². The molecule has 1 aromatic rings. The summed E-state index contributed by atoms with van der Waals surface area (Å²) >= 11 is 9.50. The first kappa shape index (κ1) is 16.8. The van der Waals surface area contributed by atoms with Crippen LogP contribution in [0, 0.1) is 0 Å². The molecule has 0 aliphatic carbocycles. The lowest BCUT2D eigenvalue weighted by molar-refractivity contribution is 0.202. The van der Waals surface area contributed by atoms with Crippen LogP contribution in [0.1, 0.15) is 32.3 Å². The first-order valence-electron chi connectivity index (χ1n) is 6.77. The highest BCUT2D eigenvalue weighted by Gasteiger charge is 2.16. The molecule has 0 unspecified atom stereocenters. The SMILES string of the molecule is CCC(CC)N(CCOC)c1ccc(CCl)c(Br)c1. The standard InChI is InChI=1S/C15H23BrClNO/c1-4-13(5-2)18(8-9-19-3)14-7-6-12(11-17)15(16)10-14/h6-7,10,13H,4-5,8-9,11H2,1-3H3. The predicted octanol–water partition coefficient (Wildman–Crippen LogP) is 4.83. The normalized spacial score (nSPS) is 11.1. The molecule has 1 rings (SSSR count). The molecule has 0 radical (unpaired) electrons. The fraction of sp³-hybridized carbons (Fsp3) is 0.600. The Morgan fingerprint density at radius 3 is 2.47 bits per heavy atom. The average Bonchev–Trinajstić information content (AvgIpc) is 2.43. The van der Waals surface area contributed by atoms with Crippen LogP contribution in [-0.4, -0.2) is 26.3 Å². The summed E-state index contributed by atoms with van der Waals surface area (Å²) in [6.45, 7) is 6.12. The lowest BCUT2D eigenvalue weighted by Crippen LogP contribution is -2.37. The van der Waals surface area contributed by atoms with Gasteiger partial charge in [-0.1, -0.05) is 35.8 Å². The van der Waals surface area contributed by atoms with Crippen molar-refractivity contribution in [1.82, 2.24) is 0 Å². The van der Waals surface area contributed by atoms with Gasteiger partial charge < -0.3 is 9.64 Å². The molecule has 0 N–H and O–H groups in total. The summed E-state index contributed by atoms with van der Waals surface area (Å²) in [6, 6.07) is 6.94. The van der Waals surface area contributed by atoms with Gasteiger partial charge in [0.2, 0.25) is 0 Å². The smallest absolute Gasteiger partial charge is 0.0637 e. The van der Waals surface area contributed by atoms with Gasteiger partial charge in [-0.2, -0.15) is 0 Å². The van der Waals surface area contributed by atoms with Crippen molar-refractivity contribution in [3.8, 4) is 0 Å². The van der Waals surface area contributed by atoms with Gasteiger partial charge in [-0.3, -0.25) is 0 Å². The highest BCUT2D eigenvalue weighted by molar-refractivity contribution is 9.10. The molecule has 1 aromatic carbocycles. The number of anilines is 1. The van der Waals surface area contributed by atoms with Crippen LogP contribution in [0.15, 0.2) is 22.7 Å². The molecule has 0 bridgehead atoms. The van der Waals surface area contributed by atoms with E-state index < -0.39 is 0 Å². The van der Waals surface area contributed by atoms with Crippen molar-refractivity contribution in [1.29, 1.82) is 0 Å². The molecule has 4 heteroatoms. The van der Waals surface area contributed by atoms with Crippen LogP contribution in [0.4, 0.5) is 5.69 Å². The van der Waals surface area contributed by atoms with Gasteiger partial charge in [0.25, 0.3) is 0 Å². The van der Waals surface area contributed by atoms with Crippen LogP contribution in [-0.2, 0) is 10.6 Å². The summed E-state index contributed by atoms with van der Waals surface area (Å²) in [5.74, 6) is 0.532. The van der Waals surface area contributed by atoms with Crippen LogP contribution >= 0.6 is 27.5 Å². The van der Waals surface area contributed by atoms with Gasteiger partial charge in [-0.25, -0.2) is 0 Å². The van der Waals surface area contributed by atoms with E-state index in [0.29, 0.717) is 11.9 Å². The summed E-state index contributed by atoms with van der Waals surface area (Å²) in [7, 11) is 1.75. The Labute approximate surface area is 130 Å². The molecule has 0 aliphatic heterocycles. The summed E-state index contributed by atoms with van der Waals surface area (Å²) in [5, 5.41) is 0. The van der Waals surface area contributed by atoms with Crippen molar-refractivity contribution >= 4 is 33.2 Å². The monoisotopic (exact) mass is 347 g/mol. The molecule has 108 valence electrons. The average molecular weight is 349 g/mol. The second kappa shape index (κ2) is 8.83. The molecule has 0 aromatic heterocycles. The fourth-order valence-electron chi connectivity index (χ4n) is 2.26. The van der Waals surface area contributed by atoms with Gasteiger partial charge in [-0.05, 0) is 30.5 Å². The van der Waals surface area contributed by atoms with Crippen LogP contribution < -0.4 is 4.90 Å². The van der Waals surface area contributed by atoms with Crippen molar-refractivity contribution < 1.29 is 4.74 Å². The highest BCUT2D eigenvalue weighted by Crippen LogP contribution is 2.27. The highest BCUT2D eigenvalue weighted by atomic mass is 79.9. The number of nitrogens with zero attached hydrogens (tertiary/aromatic N) is 1. The van der Waals surface area contributed by atoms with Crippen LogP contribution in [0.2, 0.25) is 0 Å². The molecule has 0 atom stereocenters. The first-order chi connectivity index (χ1) is 9.17. The molecule has 0 spiro atoms. The summed E-state index contributed by atoms with van der Waals surface area (Å²) in [5.41, 5.74) is 2.35. The molecule has 19 heavy (non-hydrogen) atoms. The van der Waals surface area contributed by atoms with Crippen molar-refractivity contribution in [3.05, 3.63) is 28.2 Å². The van der Waals surface area contributed by atoms with Gasteiger partial charge >= 0.3 is 0 Å². The van der Waals surface area contributed by atoms with Gasteiger partial charge in [0.05, 0.1) is 6.61 Å². The number of ether oxygens (including phenoxy) is 1. The second-order valence-corrected chi connectivity index (χ2v) is 5.69. The van der Waals surface area contributed by atoms with Crippen molar-refractivity contribution in [2.75, 3.05) is 25.2 Å². The Morgan fingerprint density at radius 1 is 1.32 bits per heavy atom. The third-order valence-corrected chi connectivity index (χ3v) is 4.46. The zero-order valence-electron chi connectivity index (χ0n) is 12.0. The Balaban J connectivity index is 2.98. The molecule has 0 saturated heterocycles. The molecular formula is C15H23BrClNO. The predicted molar refractivity (Wildman–Crippen MR) is 87.3 cm³/mol. The van der Waals surface area contributed by atoms with E-state index in [1.54, 1.807) is 7.11 Å². The molecule has 0 amide bonds.